The van der Waals surface area contributed by atoms with Crippen molar-refractivity contribution in [3.05, 3.63) is 0 Å². The first-order valence-electron chi connectivity index (χ1n) is 5.87. The topological polar surface area (TPSA) is 75.6 Å². The second-order valence-electron chi connectivity index (χ2n) is 5.15. The minimum absolute atomic E-state index is 0.0875. The molecule has 0 saturated heterocycles. The van der Waals surface area contributed by atoms with Crippen molar-refractivity contribution in [1.29, 1.82) is 0 Å². The SMILES string of the molecule is CCC(CC)(CNC(=O)OC(C)(C)C)C(=O)O. The number of aliphatic carboxylic acids is 1. The third kappa shape index (κ3) is 5.06. The van der Waals surface area contributed by atoms with E-state index in [9.17, 15) is 14.7 Å². The summed E-state index contributed by atoms with van der Waals surface area (Å²) in [5, 5.41) is 11.7. The van der Waals surface area contributed by atoms with Gasteiger partial charge in [-0.25, -0.2) is 4.79 Å². The Morgan fingerprint density at radius 1 is 1.18 bits per heavy atom. The molecule has 0 aromatic carbocycles. The molecular weight excluding hydrogens is 222 g/mol. The molecule has 2 N–H and O–H groups in total. The van der Waals surface area contributed by atoms with Crippen molar-refractivity contribution in [3.63, 3.8) is 0 Å². The number of carbonyl (C=O) groups is 2. The van der Waals surface area contributed by atoms with E-state index in [1.807, 2.05) is 0 Å². The van der Waals surface area contributed by atoms with Crippen LogP contribution >= 0.6 is 0 Å². The van der Waals surface area contributed by atoms with Crippen LogP contribution < -0.4 is 5.32 Å². The molecule has 1 amide bonds. The maximum absolute atomic E-state index is 11.4. The molecule has 0 heterocycles. The summed E-state index contributed by atoms with van der Waals surface area (Å²) in [6.45, 7) is 8.97. The Kier molecular flexibility index (Phi) is 5.45. The number of hydrogen-bond acceptors (Lipinski definition) is 3. The lowest BCUT2D eigenvalue weighted by molar-refractivity contribution is -0.149. The molecule has 0 radical (unpaired) electrons. The van der Waals surface area contributed by atoms with Crippen LogP contribution in [0.4, 0.5) is 4.79 Å². The largest absolute Gasteiger partial charge is 0.481 e. The van der Waals surface area contributed by atoms with Crippen LogP contribution in [0.25, 0.3) is 0 Å². The van der Waals surface area contributed by atoms with Crippen LogP contribution in [0.5, 0.6) is 0 Å². The summed E-state index contributed by atoms with van der Waals surface area (Å²) in [4.78, 5) is 22.6. The summed E-state index contributed by atoms with van der Waals surface area (Å²) in [6.07, 6.45) is 0.355. The van der Waals surface area contributed by atoms with Gasteiger partial charge in [0.2, 0.25) is 0 Å². The number of carboxylic acids is 1. The molecule has 17 heavy (non-hydrogen) atoms. The predicted octanol–water partition coefficient (Wildman–Crippen LogP) is 2.40. The summed E-state index contributed by atoms with van der Waals surface area (Å²) in [5.74, 6) is -0.890. The van der Waals surface area contributed by atoms with Gasteiger partial charge in [0.1, 0.15) is 5.60 Å². The molecule has 0 spiro atoms. The third-order valence-electron chi connectivity index (χ3n) is 2.78. The summed E-state index contributed by atoms with van der Waals surface area (Å²) in [6, 6.07) is 0. The molecule has 0 unspecified atom stereocenters. The number of carboxylic acid groups (broad SMARTS) is 1. The van der Waals surface area contributed by atoms with Crippen LogP contribution in [0.3, 0.4) is 0 Å². The minimum Gasteiger partial charge on any atom is -0.481 e. The number of rotatable bonds is 5. The molecule has 0 aromatic rings. The quantitative estimate of drug-likeness (QED) is 0.779. The van der Waals surface area contributed by atoms with Gasteiger partial charge in [-0.1, -0.05) is 13.8 Å². The van der Waals surface area contributed by atoms with Gasteiger partial charge in [-0.2, -0.15) is 0 Å². The van der Waals surface area contributed by atoms with E-state index in [1.54, 1.807) is 34.6 Å². The lowest BCUT2D eigenvalue weighted by atomic mass is 9.82. The van der Waals surface area contributed by atoms with E-state index in [0.29, 0.717) is 12.8 Å². The smallest absolute Gasteiger partial charge is 0.407 e. The van der Waals surface area contributed by atoms with Crippen molar-refractivity contribution in [2.45, 2.75) is 53.1 Å². The molecule has 0 aliphatic carbocycles. The number of ether oxygens (including phenoxy) is 1. The van der Waals surface area contributed by atoms with Crippen LogP contribution in [-0.4, -0.2) is 29.3 Å². The summed E-state index contributed by atoms with van der Waals surface area (Å²) >= 11 is 0. The molecule has 0 atom stereocenters. The first-order valence-corrected chi connectivity index (χ1v) is 5.87. The van der Waals surface area contributed by atoms with E-state index < -0.39 is 23.1 Å². The Morgan fingerprint density at radius 3 is 1.94 bits per heavy atom. The van der Waals surface area contributed by atoms with Crippen LogP contribution in [0.1, 0.15) is 47.5 Å². The molecule has 0 rings (SSSR count). The molecule has 100 valence electrons. The summed E-state index contributed by atoms with van der Waals surface area (Å²) < 4.78 is 5.06. The van der Waals surface area contributed by atoms with Crippen LogP contribution in [0, 0.1) is 5.41 Å². The van der Waals surface area contributed by atoms with Crippen molar-refractivity contribution >= 4 is 12.1 Å². The summed E-state index contributed by atoms with van der Waals surface area (Å²) in [5.41, 5.74) is -1.48. The highest BCUT2D eigenvalue weighted by molar-refractivity contribution is 5.76. The normalized spacial score (nSPS) is 12.1. The van der Waals surface area contributed by atoms with Gasteiger partial charge in [0.05, 0.1) is 5.41 Å². The van der Waals surface area contributed by atoms with Crippen LogP contribution in [0.15, 0.2) is 0 Å². The number of carbonyl (C=O) groups excluding carboxylic acids is 1. The van der Waals surface area contributed by atoms with E-state index in [0.717, 1.165) is 0 Å². The fraction of sp³-hybridized carbons (Fsp3) is 0.833. The van der Waals surface area contributed by atoms with Gasteiger partial charge in [-0.3, -0.25) is 4.79 Å². The maximum atomic E-state index is 11.4. The van der Waals surface area contributed by atoms with Gasteiger partial charge in [0.25, 0.3) is 0 Å². The highest BCUT2D eigenvalue weighted by Gasteiger charge is 2.35. The van der Waals surface area contributed by atoms with Gasteiger partial charge in [0, 0.05) is 6.54 Å². The molecule has 0 fully saturated rings. The number of hydrogen-bond donors (Lipinski definition) is 2. The van der Waals surface area contributed by atoms with Gasteiger partial charge >= 0.3 is 12.1 Å². The minimum atomic E-state index is -0.906. The first-order chi connectivity index (χ1) is 7.67. The molecule has 0 aromatic heterocycles. The maximum Gasteiger partial charge on any atom is 0.407 e. The zero-order valence-corrected chi connectivity index (χ0v) is 11.3. The summed E-state index contributed by atoms with van der Waals surface area (Å²) in [7, 11) is 0. The van der Waals surface area contributed by atoms with Gasteiger partial charge < -0.3 is 15.2 Å². The number of amides is 1. The molecule has 0 aliphatic heterocycles. The number of nitrogens with one attached hydrogen (secondary N) is 1. The molecule has 5 nitrogen and oxygen atoms in total. The Morgan fingerprint density at radius 2 is 1.65 bits per heavy atom. The van der Waals surface area contributed by atoms with E-state index in [4.69, 9.17) is 4.74 Å². The van der Waals surface area contributed by atoms with Gasteiger partial charge in [0.15, 0.2) is 0 Å². The van der Waals surface area contributed by atoms with Gasteiger partial charge in [-0.05, 0) is 33.6 Å². The molecule has 5 heteroatoms. The van der Waals surface area contributed by atoms with Crippen molar-refractivity contribution in [3.8, 4) is 0 Å². The first kappa shape index (κ1) is 15.7. The second kappa shape index (κ2) is 5.89. The zero-order valence-electron chi connectivity index (χ0n) is 11.3. The van der Waals surface area contributed by atoms with Crippen LogP contribution in [0.2, 0.25) is 0 Å². The van der Waals surface area contributed by atoms with E-state index >= 15 is 0 Å². The average molecular weight is 245 g/mol. The van der Waals surface area contributed by atoms with Crippen LogP contribution in [-0.2, 0) is 9.53 Å². The molecule has 0 bridgehead atoms. The lowest BCUT2D eigenvalue weighted by Crippen LogP contribution is -2.44. The average Bonchev–Trinajstić information content (AvgIpc) is 2.17. The fourth-order valence-electron chi connectivity index (χ4n) is 1.43. The lowest BCUT2D eigenvalue weighted by Gasteiger charge is -2.27. The fourth-order valence-corrected chi connectivity index (χ4v) is 1.43. The van der Waals surface area contributed by atoms with E-state index in [2.05, 4.69) is 5.32 Å². The second-order valence-corrected chi connectivity index (χ2v) is 5.15. The Hall–Kier alpha value is -1.26. The molecule has 0 saturated carbocycles. The Balaban J connectivity index is 4.43. The predicted molar refractivity (Wildman–Crippen MR) is 64.9 cm³/mol. The highest BCUT2D eigenvalue weighted by Crippen LogP contribution is 2.25. The Labute approximate surface area is 103 Å². The van der Waals surface area contributed by atoms with E-state index in [-0.39, 0.29) is 6.54 Å². The van der Waals surface area contributed by atoms with Crippen molar-refractivity contribution < 1.29 is 19.4 Å². The number of alkyl carbamates (subject to hydrolysis) is 1. The van der Waals surface area contributed by atoms with Crippen molar-refractivity contribution in [2.24, 2.45) is 5.41 Å². The molecular formula is C12H23NO4. The standard InChI is InChI=1S/C12H23NO4/c1-6-12(7-2,9(14)15)8-13-10(16)17-11(3,4)5/h6-8H2,1-5H3,(H,13,16)(H,14,15). The van der Waals surface area contributed by atoms with Crippen molar-refractivity contribution in [1.82, 2.24) is 5.32 Å². The molecule has 0 aliphatic rings. The van der Waals surface area contributed by atoms with E-state index in [1.165, 1.54) is 0 Å². The zero-order chi connectivity index (χ0) is 13.7. The van der Waals surface area contributed by atoms with Gasteiger partial charge in [-0.15, -0.1) is 0 Å². The van der Waals surface area contributed by atoms with Crippen molar-refractivity contribution in [2.75, 3.05) is 6.54 Å². The highest BCUT2D eigenvalue weighted by atomic mass is 16.6. The Bertz CT molecular complexity index is 277. The third-order valence-corrected chi connectivity index (χ3v) is 2.78. The monoisotopic (exact) mass is 245 g/mol.